The molecule has 0 radical (unpaired) electrons. The van der Waals surface area contributed by atoms with Gasteiger partial charge in [0.2, 0.25) is 0 Å². The number of hydrogen-bond donors (Lipinski definition) is 0. The fraction of sp³-hybridized carbons (Fsp3) is 0. The fourth-order valence-electron chi connectivity index (χ4n) is 7.44. The molecule has 2 nitrogen and oxygen atoms in total. The quantitative estimate of drug-likeness (QED) is 0.193. The lowest BCUT2D eigenvalue weighted by Crippen LogP contribution is -1.91. The molecule has 0 fully saturated rings. The molecule has 2 heterocycles. The molecule has 0 atom stereocenters. The summed E-state index contributed by atoms with van der Waals surface area (Å²) in [5, 5.41) is 10.8. The van der Waals surface area contributed by atoms with Gasteiger partial charge in [-0.2, -0.15) is 0 Å². The van der Waals surface area contributed by atoms with Crippen molar-refractivity contribution in [1.82, 2.24) is 0 Å². The van der Waals surface area contributed by atoms with Crippen molar-refractivity contribution >= 4 is 65.2 Å². The van der Waals surface area contributed by atoms with E-state index >= 15 is 0 Å². The molecule has 10 rings (SSSR count). The molecule has 0 aliphatic carbocycles. The van der Waals surface area contributed by atoms with E-state index in [4.69, 9.17) is 8.83 Å². The van der Waals surface area contributed by atoms with Crippen LogP contribution in [0.1, 0.15) is 0 Å². The van der Waals surface area contributed by atoms with Gasteiger partial charge in [0.1, 0.15) is 16.7 Å². The first-order valence-corrected chi connectivity index (χ1v) is 15.7. The van der Waals surface area contributed by atoms with E-state index < -0.39 is 0 Å². The molecule has 10 aromatic rings. The fourth-order valence-corrected chi connectivity index (χ4v) is 7.44. The molecule has 0 unspecified atom stereocenters. The second-order valence-corrected chi connectivity index (χ2v) is 12.1. The van der Waals surface area contributed by atoms with Crippen molar-refractivity contribution in [3.63, 3.8) is 0 Å². The Morgan fingerprint density at radius 2 is 0.935 bits per heavy atom. The number of hydrogen-bond acceptors (Lipinski definition) is 2. The lowest BCUT2D eigenvalue weighted by molar-refractivity contribution is 0.616. The minimum absolute atomic E-state index is 0.909. The van der Waals surface area contributed by atoms with Gasteiger partial charge in [0.15, 0.2) is 0 Å². The highest BCUT2D eigenvalue weighted by Crippen LogP contribution is 2.46. The highest BCUT2D eigenvalue weighted by atomic mass is 16.3. The third kappa shape index (κ3) is 3.71. The van der Waals surface area contributed by atoms with Crippen molar-refractivity contribution in [1.29, 1.82) is 0 Å². The zero-order valence-corrected chi connectivity index (χ0v) is 24.8. The zero-order chi connectivity index (χ0) is 30.2. The predicted molar refractivity (Wildman–Crippen MR) is 192 cm³/mol. The highest BCUT2D eigenvalue weighted by molar-refractivity contribution is 6.24. The van der Waals surface area contributed by atoms with Crippen molar-refractivity contribution in [3.8, 4) is 33.4 Å². The second-order valence-electron chi connectivity index (χ2n) is 12.1. The van der Waals surface area contributed by atoms with E-state index in [-0.39, 0.29) is 0 Å². The van der Waals surface area contributed by atoms with Gasteiger partial charge in [0, 0.05) is 16.2 Å². The molecular formula is C44H26O2. The maximum Gasteiger partial charge on any atom is 0.135 e. The maximum atomic E-state index is 6.18. The summed E-state index contributed by atoms with van der Waals surface area (Å²) in [5.41, 5.74) is 10.1. The number of benzene rings is 8. The van der Waals surface area contributed by atoms with Gasteiger partial charge in [-0.3, -0.25) is 0 Å². The molecule has 0 N–H and O–H groups in total. The van der Waals surface area contributed by atoms with E-state index in [0.29, 0.717) is 0 Å². The molecular weight excluding hydrogens is 560 g/mol. The minimum atomic E-state index is 0.909. The molecule has 2 heteroatoms. The smallest absolute Gasteiger partial charge is 0.135 e. The molecule has 2 aromatic heterocycles. The summed E-state index contributed by atoms with van der Waals surface area (Å²) >= 11 is 0. The largest absolute Gasteiger partial charge is 0.464 e. The van der Waals surface area contributed by atoms with Crippen LogP contribution in [-0.4, -0.2) is 0 Å². The van der Waals surface area contributed by atoms with Crippen LogP contribution in [0.25, 0.3) is 98.6 Å². The van der Waals surface area contributed by atoms with Gasteiger partial charge >= 0.3 is 0 Å². The molecule has 46 heavy (non-hydrogen) atoms. The van der Waals surface area contributed by atoms with Gasteiger partial charge in [-0.1, -0.05) is 109 Å². The van der Waals surface area contributed by atoms with E-state index in [1.54, 1.807) is 6.26 Å². The van der Waals surface area contributed by atoms with Crippen LogP contribution in [0.2, 0.25) is 0 Å². The van der Waals surface area contributed by atoms with Crippen LogP contribution in [0.15, 0.2) is 167 Å². The Hall–Kier alpha value is -6.12. The number of fused-ring (bicyclic) bond motifs is 7. The van der Waals surface area contributed by atoms with Crippen LogP contribution in [0.5, 0.6) is 0 Å². The SMILES string of the molecule is c1cc(-c2c3ccccc3c(-c3ccc4oc5ccccc5c4c3)c3ccccc23)c2ccc(-c3ccc4occc4c3)cc2c1. The molecule has 0 saturated heterocycles. The van der Waals surface area contributed by atoms with Gasteiger partial charge in [-0.05, 0) is 108 Å². The molecule has 214 valence electrons. The third-order valence-corrected chi connectivity index (χ3v) is 9.53. The molecule has 0 amide bonds. The third-order valence-electron chi connectivity index (χ3n) is 9.53. The molecule has 0 saturated carbocycles. The first-order chi connectivity index (χ1) is 22.8. The van der Waals surface area contributed by atoms with E-state index in [1.165, 1.54) is 65.7 Å². The van der Waals surface area contributed by atoms with Crippen LogP contribution < -0.4 is 0 Å². The first-order valence-electron chi connectivity index (χ1n) is 15.7. The Morgan fingerprint density at radius 3 is 1.72 bits per heavy atom. The van der Waals surface area contributed by atoms with Crippen molar-refractivity contribution in [3.05, 3.63) is 158 Å². The second kappa shape index (κ2) is 9.69. The molecule has 0 bridgehead atoms. The van der Waals surface area contributed by atoms with Crippen LogP contribution in [0, 0.1) is 0 Å². The maximum absolute atomic E-state index is 6.18. The van der Waals surface area contributed by atoms with Gasteiger partial charge in [-0.25, -0.2) is 0 Å². The van der Waals surface area contributed by atoms with Crippen molar-refractivity contribution in [2.75, 3.05) is 0 Å². The average molecular weight is 587 g/mol. The van der Waals surface area contributed by atoms with E-state index in [0.717, 1.165) is 32.9 Å². The van der Waals surface area contributed by atoms with Crippen LogP contribution in [-0.2, 0) is 0 Å². The van der Waals surface area contributed by atoms with Gasteiger partial charge in [-0.15, -0.1) is 0 Å². The molecule has 0 aliphatic heterocycles. The van der Waals surface area contributed by atoms with Gasteiger partial charge in [0.25, 0.3) is 0 Å². The van der Waals surface area contributed by atoms with Crippen LogP contribution in [0.3, 0.4) is 0 Å². The summed E-state index contributed by atoms with van der Waals surface area (Å²) < 4.78 is 11.8. The van der Waals surface area contributed by atoms with Crippen molar-refractivity contribution in [2.24, 2.45) is 0 Å². The van der Waals surface area contributed by atoms with Crippen LogP contribution in [0.4, 0.5) is 0 Å². The first kappa shape index (κ1) is 25.2. The van der Waals surface area contributed by atoms with E-state index in [1.807, 2.05) is 18.2 Å². The number of para-hydroxylation sites is 1. The summed E-state index contributed by atoms with van der Waals surface area (Å²) in [4.78, 5) is 0. The topological polar surface area (TPSA) is 26.3 Å². The summed E-state index contributed by atoms with van der Waals surface area (Å²) in [7, 11) is 0. The van der Waals surface area contributed by atoms with Crippen LogP contribution >= 0.6 is 0 Å². The summed E-state index contributed by atoms with van der Waals surface area (Å²) in [6, 6.07) is 54.6. The highest BCUT2D eigenvalue weighted by Gasteiger charge is 2.19. The molecule has 0 spiro atoms. The summed E-state index contributed by atoms with van der Waals surface area (Å²) in [6.45, 7) is 0. The Bertz CT molecular complexity index is 2750. The zero-order valence-electron chi connectivity index (χ0n) is 24.8. The molecule has 8 aromatic carbocycles. The van der Waals surface area contributed by atoms with E-state index in [9.17, 15) is 0 Å². The Morgan fingerprint density at radius 1 is 0.326 bits per heavy atom. The average Bonchev–Trinajstić information content (AvgIpc) is 3.74. The lowest BCUT2D eigenvalue weighted by Gasteiger charge is -2.19. The normalized spacial score (nSPS) is 11.9. The standard InChI is InChI=1S/C44H26O2/c1-3-12-37-35(10-1)43(31-18-21-42-39(26-31)33-9-5-6-15-41(33)46-42)36-11-2-4-13-38(36)44(37)34-14-7-8-29-24-27(16-19-32(29)34)28-17-20-40-30(25-28)22-23-45-40/h1-26H. The summed E-state index contributed by atoms with van der Waals surface area (Å²) in [5.74, 6) is 0. The minimum Gasteiger partial charge on any atom is -0.464 e. The Kier molecular flexibility index (Phi) is 5.31. The number of furan rings is 2. The lowest BCUT2D eigenvalue weighted by atomic mass is 9.84. The van der Waals surface area contributed by atoms with Crippen molar-refractivity contribution in [2.45, 2.75) is 0 Å². The van der Waals surface area contributed by atoms with Crippen molar-refractivity contribution < 1.29 is 8.83 Å². The number of rotatable bonds is 3. The van der Waals surface area contributed by atoms with Gasteiger partial charge < -0.3 is 8.83 Å². The molecule has 0 aliphatic rings. The van der Waals surface area contributed by atoms with E-state index in [2.05, 4.69) is 133 Å². The Balaban J connectivity index is 1.22. The monoisotopic (exact) mass is 586 g/mol. The Labute approximate surface area is 264 Å². The summed E-state index contributed by atoms with van der Waals surface area (Å²) in [6.07, 6.45) is 1.75. The van der Waals surface area contributed by atoms with Gasteiger partial charge in [0.05, 0.1) is 6.26 Å². The predicted octanol–water partition coefficient (Wildman–Crippen LogP) is 12.8.